The Bertz CT molecular complexity index is 1060. The second kappa shape index (κ2) is 5.60. The van der Waals surface area contributed by atoms with E-state index >= 15 is 0 Å². The SMILES string of the molecule is Cc1cc(S(=O)(=O)Nc2ccc([N+](=O)[O-])c3cnccc23)c(C)o1. The van der Waals surface area contributed by atoms with Crippen LogP contribution in [0.1, 0.15) is 11.5 Å². The van der Waals surface area contributed by atoms with Crippen LogP contribution in [0.5, 0.6) is 0 Å². The minimum absolute atomic E-state index is 0.0283. The molecule has 1 aromatic carbocycles. The number of hydrogen-bond donors (Lipinski definition) is 1. The molecule has 1 N–H and O–H groups in total. The summed E-state index contributed by atoms with van der Waals surface area (Å²) in [5, 5.41) is 11.7. The molecule has 0 unspecified atom stereocenters. The molecule has 0 amide bonds. The third-order valence-corrected chi connectivity index (χ3v) is 4.99. The first kappa shape index (κ1) is 15.9. The number of nitrogens with one attached hydrogen (secondary N) is 1. The standard InChI is InChI=1S/C15H13N3O5S/c1-9-7-15(10(2)23-9)24(21,22)17-13-3-4-14(18(19)20)12-8-16-6-5-11(12)13/h3-8,17H,1-2H3. The molecule has 0 saturated heterocycles. The van der Waals surface area contributed by atoms with E-state index in [9.17, 15) is 18.5 Å². The van der Waals surface area contributed by atoms with Crippen molar-refractivity contribution in [2.75, 3.05) is 4.72 Å². The van der Waals surface area contributed by atoms with Gasteiger partial charge in [-0.1, -0.05) is 0 Å². The normalized spacial score (nSPS) is 11.6. The van der Waals surface area contributed by atoms with E-state index in [1.54, 1.807) is 13.8 Å². The Morgan fingerprint density at radius 1 is 1.21 bits per heavy atom. The molecule has 0 atom stereocenters. The van der Waals surface area contributed by atoms with Crippen LogP contribution < -0.4 is 4.72 Å². The molecular formula is C15H13N3O5S. The van der Waals surface area contributed by atoms with Gasteiger partial charge in [-0.25, -0.2) is 8.42 Å². The van der Waals surface area contributed by atoms with Crippen LogP contribution in [-0.4, -0.2) is 18.3 Å². The van der Waals surface area contributed by atoms with E-state index < -0.39 is 14.9 Å². The number of nitrogens with zero attached hydrogens (tertiary/aromatic N) is 2. The van der Waals surface area contributed by atoms with Gasteiger partial charge in [0.2, 0.25) is 0 Å². The Morgan fingerprint density at radius 2 is 1.96 bits per heavy atom. The first-order chi connectivity index (χ1) is 11.3. The summed E-state index contributed by atoms with van der Waals surface area (Å²) in [5.41, 5.74) is 0.0904. The maximum atomic E-state index is 12.6. The second-order valence-electron chi connectivity index (χ2n) is 5.19. The number of non-ortho nitro benzene ring substituents is 1. The van der Waals surface area contributed by atoms with Crippen molar-refractivity contribution in [3.8, 4) is 0 Å². The number of pyridine rings is 1. The van der Waals surface area contributed by atoms with Crippen molar-refractivity contribution < 1.29 is 17.8 Å². The molecule has 9 heteroatoms. The minimum Gasteiger partial charge on any atom is -0.465 e. The van der Waals surface area contributed by atoms with Crippen LogP contribution in [0.2, 0.25) is 0 Å². The number of rotatable bonds is 4. The number of sulfonamides is 1. The lowest BCUT2D eigenvalue weighted by Crippen LogP contribution is -2.13. The average Bonchev–Trinajstić information content (AvgIpc) is 2.86. The largest absolute Gasteiger partial charge is 0.465 e. The monoisotopic (exact) mass is 347 g/mol. The summed E-state index contributed by atoms with van der Waals surface area (Å²) in [6.45, 7) is 3.21. The van der Waals surface area contributed by atoms with E-state index in [0.29, 0.717) is 11.1 Å². The van der Waals surface area contributed by atoms with Crippen molar-refractivity contribution in [2.45, 2.75) is 18.7 Å². The Balaban J connectivity index is 2.13. The van der Waals surface area contributed by atoms with Crippen LogP contribution in [0.3, 0.4) is 0 Å². The molecule has 0 aliphatic carbocycles. The van der Waals surface area contributed by atoms with E-state index in [1.165, 1.54) is 36.7 Å². The Labute approximate surface area is 137 Å². The van der Waals surface area contributed by atoms with Gasteiger partial charge in [-0.3, -0.25) is 19.8 Å². The topological polar surface area (TPSA) is 115 Å². The summed E-state index contributed by atoms with van der Waals surface area (Å²) in [4.78, 5) is 14.5. The van der Waals surface area contributed by atoms with E-state index in [2.05, 4.69) is 9.71 Å². The molecule has 3 rings (SSSR count). The van der Waals surface area contributed by atoms with Gasteiger partial charge in [-0.2, -0.15) is 0 Å². The average molecular weight is 347 g/mol. The van der Waals surface area contributed by atoms with Crippen LogP contribution in [0.4, 0.5) is 11.4 Å². The molecule has 24 heavy (non-hydrogen) atoms. The molecule has 0 bridgehead atoms. The number of fused-ring (bicyclic) bond motifs is 1. The van der Waals surface area contributed by atoms with Crippen LogP contribution in [0.25, 0.3) is 10.8 Å². The van der Waals surface area contributed by atoms with E-state index in [1.807, 2.05) is 0 Å². The number of benzene rings is 1. The van der Waals surface area contributed by atoms with Crippen molar-refractivity contribution in [1.82, 2.24) is 4.98 Å². The third kappa shape index (κ3) is 2.69. The highest BCUT2D eigenvalue weighted by Gasteiger charge is 2.23. The molecule has 3 aromatic rings. The fourth-order valence-electron chi connectivity index (χ4n) is 2.50. The second-order valence-corrected chi connectivity index (χ2v) is 6.84. The zero-order chi connectivity index (χ0) is 17.5. The molecule has 0 saturated carbocycles. The van der Waals surface area contributed by atoms with Crippen molar-refractivity contribution in [3.05, 3.63) is 58.3 Å². The summed E-state index contributed by atoms with van der Waals surface area (Å²) in [5.74, 6) is 0.749. The lowest BCUT2D eigenvalue weighted by Gasteiger charge is -2.10. The first-order valence-corrected chi connectivity index (χ1v) is 8.39. The van der Waals surface area contributed by atoms with Gasteiger partial charge in [0.05, 0.1) is 16.0 Å². The molecule has 0 spiro atoms. The summed E-state index contributed by atoms with van der Waals surface area (Å²) in [6.07, 6.45) is 2.77. The smallest absolute Gasteiger partial charge is 0.278 e. The van der Waals surface area contributed by atoms with Gasteiger partial charge < -0.3 is 4.42 Å². The number of furan rings is 1. The van der Waals surface area contributed by atoms with E-state index in [4.69, 9.17) is 4.42 Å². The predicted molar refractivity (Wildman–Crippen MR) is 87.4 cm³/mol. The quantitative estimate of drug-likeness (QED) is 0.572. The number of aromatic nitrogens is 1. The van der Waals surface area contributed by atoms with Gasteiger partial charge in [-0.05, 0) is 26.0 Å². The predicted octanol–water partition coefficient (Wildman–Crippen LogP) is 3.15. The fourth-order valence-corrected chi connectivity index (χ4v) is 3.82. The molecule has 8 nitrogen and oxygen atoms in total. The van der Waals surface area contributed by atoms with Gasteiger partial charge in [0.15, 0.2) is 0 Å². The maximum absolute atomic E-state index is 12.6. The Hall–Kier alpha value is -2.94. The molecule has 2 heterocycles. The van der Waals surface area contributed by atoms with Crippen LogP contribution >= 0.6 is 0 Å². The van der Waals surface area contributed by atoms with Crippen LogP contribution in [0.15, 0.2) is 46.0 Å². The van der Waals surface area contributed by atoms with Gasteiger partial charge in [0, 0.05) is 29.9 Å². The highest BCUT2D eigenvalue weighted by atomic mass is 32.2. The number of hydrogen-bond acceptors (Lipinski definition) is 6. The number of aryl methyl sites for hydroxylation is 2. The summed E-state index contributed by atoms with van der Waals surface area (Å²) in [7, 11) is -3.88. The molecule has 0 aliphatic rings. The van der Waals surface area contributed by atoms with Crippen molar-refractivity contribution in [2.24, 2.45) is 0 Å². The lowest BCUT2D eigenvalue weighted by atomic mass is 10.1. The van der Waals surface area contributed by atoms with Gasteiger partial charge in [0.25, 0.3) is 15.7 Å². The molecule has 0 fully saturated rings. The van der Waals surface area contributed by atoms with Crippen molar-refractivity contribution in [3.63, 3.8) is 0 Å². The van der Waals surface area contributed by atoms with Gasteiger partial charge in [0.1, 0.15) is 16.4 Å². The molecule has 0 radical (unpaired) electrons. The highest BCUT2D eigenvalue weighted by Crippen LogP contribution is 2.32. The fraction of sp³-hybridized carbons (Fsp3) is 0.133. The number of anilines is 1. The first-order valence-electron chi connectivity index (χ1n) is 6.90. The molecule has 2 aromatic heterocycles. The molecule has 124 valence electrons. The number of nitro benzene ring substituents is 1. The highest BCUT2D eigenvalue weighted by molar-refractivity contribution is 7.92. The lowest BCUT2D eigenvalue weighted by molar-refractivity contribution is -0.383. The van der Waals surface area contributed by atoms with Gasteiger partial charge >= 0.3 is 0 Å². The van der Waals surface area contributed by atoms with Gasteiger partial charge in [-0.15, -0.1) is 0 Å². The van der Waals surface area contributed by atoms with Crippen LogP contribution in [0, 0.1) is 24.0 Å². The molecule has 0 aliphatic heterocycles. The van der Waals surface area contributed by atoms with Crippen molar-refractivity contribution in [1.29, 1.82) is 0 Å². The Morgan fingerprint density at radius 3 is 2.58 bits per heavy atom. The minimum atomic E-state index is -3.88. The van der Waals surface area contributed by atoms with Crippen molar-refractivity contribution >= 4 is 32.2 Å². The third-order valence-electron chi connectivity index (χ3n) is 3.52. The maximum Gasteiger partial charge on any atom is 0.278 e. The Kier molecular flexibility index (Phi) is 3.72. The molecular weight excluding hydrogens is 334 g/mol. The number of nitro groups is 1. The zero-order valence-electron chi connectivity index (χ0n) is 12.8. The van der Waals surface area contributed by atoms with Crippen LogP contribution in [-0.2, 0) is 10.0 Å². The van der Waals surface area contributed by atoms with E-state index in [-0.39, 0.29) is 27.4 Å². The van der Waals surface area contributed by atoms with E-state index in [0.717, 1.165) is 0 Å². The summed E-state index contributed by atoms with van der Waals surface area (Å²) < 4.78 is 32.9. The zero-order valence-corrected chi connectivity index (χ0v) is 13.6. The summed E-state index contributed by atoms with van der Waals surface area (Å²) >= 11 is 0. The summed E-state index contributed by atoms with van der Waals surface area (Å²) in [6, 6.07) is 5.55.